The lowest BCUT2D eigenvalue weighted by molar-refractivity contribution is 0.0725. The molecule has 0 saturated carbocycles. The summed E-state index contributed by atoms with van der Waals surface area (Å²) in [5.41, 5.74) is 4.49. The van der Waals surface area contributed by atoms with Crippen molar-refractivity contribution in [2.75, 3.05) is 49.6 Å². The van der Waals surface area contributed by atoms with Crippen LogP contribution < -0.4 is 15.5 Å². The van der Waals surface area contributed by atoms with E-state index in [1.54, 1.807) is 11.1 Å². The molecule has 11 nitrogen and oxygen atoms in total. The van der Waals surface area contributed by atoms with E-state index in [1.165, 1.54) is 6.20 Å². The van der Waals surface area contributed by atoms with Gasteiger partial charge in [0.05, 0.1) is 37.3 Å². The van der Waals surface area contributed by atoms with Crippen molar-refractivity contribution in [2.45, 2.75) is 26.8 Å². The van der Waals surface area contributed by atoms with E-state index < -0.39 is 0 Å². The summed E-state index contributed by atoms with van der Waals surface area (Å²) in [6, 6.07) is 7.18. The molecule has 5 rings (SSSR count). The normalized spacial score (nSPS) is 15.2. The zero-order chi connectivity index (χ0) is 25.8. The molecule has 1 saturated heterocycles. The third-order valence-electron chi connectivity index (χ3n) is 6.38. The number of morpholine rings is 1. The van der Waals surface area contributed by atoms with Crippen LogP contribution in [0.2, 0.25) is 0 Å². The van der Waals surface area contributed by atoms with E-state index in [4.69, 9.17) is 14.7 Å². The molecular formula is C26H30N8O3. The molecule has 2 aromatic heterocycles. The molecule has 3 aromatic rings. The SMILES string of the molecule is CCNC(=O)Nc1ccc(-c2nc3c(c(N4CCOCC4)n2)CCN(C(=O)c2cnc(C)cn2)C3)cc1. The fourth-order valence-corrected chi connectivity index (χ4v) is 4.45. The number of nitrogens with one attached hydrogen (secondary N) is 2. The zero-order valence-electron chi connectivity index (χ0n) is 21.0. The van der Waals surface area contributed by atoms with Gasteiger partial charge in [0.1, 0.15) is 11.5 Å². The fourth-order valence-electron chi connectivity index (χ4n) is 4.45. The Hall–Kier alpha value is -4.12. The molecule has 1 aromatic carbocycles. The highest BCUT2D eigenvalue weighted by atomic mass is 16.5. The summed E-state index contributed by atoms with van der Waals surface area (Å²) in [6.45, 7) is 7.97. The third kappa shape index (κ3) is 5.51. The number of carbonyl (C=O) groups excluding carboxylic acids is 2. The van der Waals surface area contributed by atoms with Crippen molar-refractivity contribution in [2.24, 2.45) is 0 Å². The van der Waals surface area contributed by atoms with Crippen LogP contribution >= 0.6 is 0 Å². The lowest BCUT2D eigenvalue weighted by Crippen LogP contribution is -2.41. The van der Waals surface area contributed by atoms with Crippen LogP contribution in [0.5, 0.6) is 0 Å². The second kappa shape index (κ2) is 10.9. The molecule has 37 heavy (non-hydrogen) atoms. The Morgan fingerprint density at radius 1 is 1.03 bits per heavy atom. The molecule has 11 heteroatoms. The Kier molecular flexibility index (Phi) is 7.22. The average Bonchev–Trinajstić information content (AvgIpc) is 2.93. The molecule has 0 unspecified atom stereocenters. The number of benzene rings is 1. The topological polar surface area (TPSA) is 125 Å². The minimum atomic E-state index is -0.252. The number of nitrogens with zero attached hydrogens (tertiary/aromatic N) is 6. The maximum absolute atomic E-state index is 13.1. The van der Waals surface area contributed by atoms with Crippen molar-refractivity contribution in [3.63, 3.8) is 0 Å². The maximum Gasteiger partial charge on any atom is 0.319 e. The van der Waals surface area contributed by atoms with Crippen LogP contribution in [0, 0.1) is 6.92 Å². The smallest absolute Gasteiger partial charge is 0.319 e. The Bertz CT molecular complexity index is 1270. The number of hydrogen-bond donors (Lipinski definition) is 2. The summed E-state index contributed by atoms with van der Waals surface area (Å²) in [7, 11) is 0. The van der Waals surface area contributed by atoms with E-state index in [9.17, 15) is 9.59 Å². The number of carbonyl (C=O) groups is 2. The van der Waals surface area contributed by atoms with Gasteiger partial charge >= 0.3 is 6.03 Å². The minimum absolute atomic E-state index is 0.160. The van der Waals surface area contributed by atoms with Gasteiger partial charge in [-0.25, -0.2) is 19.7 Å². The summed E-state index contributed by atoms with van der Waals surface area (Å²) in [5.74, 6) is 1.32. The van der Waals surface area contributed by atoms with Crippen molar-refractivity contribution in [1.29, 1.82) is 0 Å². The first-order valence-corrected chi connectivity index (χ1v) is 12.5. The Morgan fingerprint density at radius 3 is 2.51 bits per heavy atom. The highest BCUT2D eigenvalue weighted by molar-refractivity contribution is 5.92. The van der Waals surface area contributed by atoms with E-state index in [1.807, 2.05) is 38.1 Å². The Morgan fingerprint density at radius 2 is 1.81 bits per heavy atom. The highest BCUT2D eigenvalue weighted by Crippen LogP contribution is 2.31. The van der Waals surface area contributed by atoms with Gasteiger partial charge in [0.15, 0.2) is 5.82 Å². The molecular weight excluding hydrogens is 472 g/mol. The van der Waals surface area contributed by atoms with Crippen LogP contribution in [0.3, 0.4) is 0 Å². The molecule has 1 fully saturated rings. The predicted octanol–water partition coefficient (Wildman–Crippen LogP) is 2.42. The van der Waals surface area contributed by atoms with Gasteiger partial charge in [0, 0.05) is 49.2 Å². The van der Waals surface area contributed by atoms with E-state index in [2.05, 4.69) is 25.5 Å². The Balaban J connectivity index is 1.45. The van der Waals surface area contributed by atoms with Crippen molar-refractivity contribution in [3.05, 3.63) is 59.3 Å². The average molecular weight is 503 g/mol. The molecule has 2 aliphatic rings. The first-order chi connectivity index (χ1) is 18.0. The number of rotatable bonds is 5. The second-order valence-electron chi connectivity index (χ2n) is 8.98. The third-order valence-corrected chi connectivity index (χ3v) is 6.38. The molecule has 2 N–H and O–H groups in total. The van der Waals surface area contributed by atoms with Gasteiger partial charge < -0.3 is 25.2 Å². The Labute approximate surface area is 215 Å². The van der Waals surface area contributed by atoms with Gasteiger partial charge in [0.2, 0.25) is 0 Å². The van der Waals surface area contributed by atoms with Gasteiger partial charge in [-0.05, 0) is 44.5 Å². The minimum Gasteiger partial charge on any atom is -0.378 e. The molecule has 4 heterocycles. The summed E-state index contributed by atoms with van der Waals surface area (Å²) in [6.07, 6.45) is 3.78. The number of anilines is 2. The van der Waals surface area contributed by atoms with Crippen molar-refractivity contribution >= 4 is 23.4 Å². The standard InChI is InChI=1S/C26H30N8O3/c1-3-27-26(36)30-19-6-4-18(5-7-19)23-31-22-16-34(25(35)21-15-28-17(2)14-29-21)9-8-20(22)24(32-23)33-10-12-37-13-11-33/h4-7,14-15H,3,8-13,16H2,1-2H3,(H2,27,30,36). The number of aromatic nitrogens is 4. The van der Waals surface area contributed by atoms with Gasteiger partial charge in [-0.3, -0.25) is 9.78 Å². The van der Waals surface area contributed by atoms with Crippen LogP contribution in [-0.2, 0) is 17.7 Å². The molecule has 2 aliphatic heterocycles. The number of urea groups is 1. The maximum atomic E-state index is 13.1. The van der Waals surface area contributed by atoms with Crippen LogP contribution in [0.4, 0.5) is 16.3 Å². The molecule has 0 radical (unpaired) electrons. The van der Waals surface area contributed by atoms with Gasteiger partial charge in [-0.2, -0.15) is 0 Å². The van der Waals surface area contributed by atoms with E-state index in [0.29, 0.717) is 56.5 Å². The summed E-state index contributed by atoms with van der Waals surface area (Å²) in [4.78, 5) is 47.4. The quantitative estimate of drug-likeness (QED) is 0.545. The van der Waals surface area contributed by atoms with E-state index >= 15 is 0 Å². The highest BCUT2D eigenvalue weighted by Gasteiger charge is 2.29. The summed E-state index contributed by atoms with van der Waals surface area (Å²) >= 11 is 0. The fraction of sp³-hybridized carbons (Fsp3) is 0.385. The molecule has 0 spiro atoms. The monoisotopic (exact) mass is 502 g/mol. The first kappa shape index (κ1) is 24.6. The van der Waals surface area contributed by atoms with Crippen LogP contribution in [-0.4, -0.2) is 76.2 Å². The summed E-state index contributed by atoms with van der Waals surface area (Å²) in [5, 5.41) is 5.52. The number of amides is 3. The molecule has 0 atom stereocenters. The number of hydrogen-bond acceptors (Lipinski definition) is 8. The van der Waals surface area contributed by atoms with E-state index in [-0.39, 0.29) is 11.9 Å². The number of ether oxygens (including phenoxy) is 1. The predicted molar refractivity (Wildman–Crippen MR) is 138 cm³/mol. The largest absolute Gasteiger partial charge is 0.378 e. The van der Waals surface area contributed by atoms with Gasteiger partial charge in [-0.15, -0.1) is 0 Å². The molecule has 0 bridgehead atoms. The first-order valence-electron chi connectivity index (χ1n) is 12.5. The molecule has 192 valence electrons. The second-order valence-corrected chi connectivity index (χ2v) is 8.98. The zero-order valence-corrected chi connectivity index (χ0v) is 21.0. The van der Waals surface area contributed by atoms with Crippen molar-refractivity contribution in [3.8, 4) is 11.4 Å². The van der Waals surface area contributed by atoms with E-state index in [0.717, 1.165) is 41.4 Å². The van der Waals surface area contributed by atoms with Gasteiger partial charge in [0.25, 0.3) is 5.91 Å². The van der Waals surface area contributed by atoms with Gasteiger partial charge in [-0.1, -0.05) is 0 Å². The van der Waals surface area contributed by atoms with Crippen molar-refractivity contribution < 1.29 is 14.3 Å². The van der Waals surface area contributed by atoms with Crippen LogP contribution in [0.1, 0.15) is 34.4 Å². The summed E-state index contributed by atoms with van der Waals surface area (Å²) < 4.78 is 5.56. The molecule has 3 amide bonds. The lowest BCUT2D eigenvalue weighted by atomic mass is 10.0. The van der Waals surface area contributed by atoms with Crippen molar-refractivity contribution in [1.82, 2.24) is 30.2 Å². The molecule has 0 aliphatic carbocycles. The van der Waals surface area contributed by atoms with Crippen LogP contribution in [0.15, 0.2) is 36.7 Å². The number of aryl methyl sites for hydroxylation is 1. The number of fused-ring (bicyclic) bond motifs is 1. The lowest BCUT2D eigenvalue weighted by Gasteiger charge is -2.34. The van der Waals surface area contributed by atoms with Crippen LogP contribution in [0.25, 0.3) is 11.4 Å².